The molecular weight excluding hydrogens is 294 g/mol. The van der Waals surface area contributed by atoms with Crippen molar-refractivity contribution in [1.82, 2.24) is 19.9 Å². The van der Waals surface area contributed by atoms with Crippen molar-refractivity contribution >= 4 is 11.9 Å². The molecule has 1 saturated heterocycles. The first-order chi connectivity index (χ1) is 11.3. The Kier molecular flexibility index (Phi) is 4.65. The molecule has 0 unspecified atom stereocenters. The highest BCUT2D eigenvalue weighted by atomic mass is 16.5. The number of amides is 1. The zero-order chi connectivity index (χ0) is 16.1. The molecule has 1 aliphatic heterocycles. The van der Waals surface area contributed by atoms with Gasteiger partial charge >= 0.3 is 0 Å². The fourth-order valence-electron chi connectivity index (χ4n) is 2.47. The quantitative estimate of drug-likeness (QED) is 0.845. The lowest BCUT2D eigenvalue weighted by molar-refractivity contribution is 0.0740. The summed E-state index contributed by atoms with van der Waals surface area (Å²) in [7, 11) is 0. The van der Waals surface area contributed by atoms with Crippen molar-refractivity contribution < 1.29 is 9.53 Å². The van der Waals surface area contributed by atoms with Crippen molar-refractivity contribution in [2.24, 2.45) is 0 Å². The van der Waals surface area contributed by atoms with E-state index in [-0.39, 0.29) is 5.91 Å². The van der Waals surface area contributed by atoms with Crippen molar-refractivity contribution in [1.29, 1.82) is 0 Å². The van der Waals surface area contributed by atoms with E-state index in [4.69, 9.17) is 4.74 Å². The van der Waals surface area contributed by atoms with Crippen molar-refractivity contribution in [2.45, 2.75) is 6.92 Å². The number of hydrogen-bond donors (Lipinski definition) is 0. The monoisotopic (exact) mass is 313 g/mol. The van der Waals surface area contributed by atoms with Crippen LogP contribution in [0.25, 0.3) is 0 Å². The lowest BCUT2D eigenvalue weighted by Crippen LogP contribution is -2.49. The van der Waals surface area contributed by atoms with Crippen LogP contribution >= 0.6 is 0 Å². The molecule has 0 radical (unpaired) electrons. The van der Waals surface area contributed by atoms with Crippen LogP contribution in [0.4, 0.5) is 5.95 Å². The highest BCUT2D eigenvalue weighted by Gasteiger charge is 2.24. The molecule has 1 aliphatic rings. The Hall–Kier alpha value is -2.70. The van der Waals surface area contributed by atoms with E-state index in [9.17, 15) is 4.79 Å². The van der Waals surface area contributed by atoms with Crippen molar-refractivity contribution in [3.05, 3.63) is 42.4 Å². The van der Waals surface area contributed by atoms with Gasteiger partial charge in [-0.05, 0) is 19.1 Å². The number of pyridine rings is 1. The Balaban J connectivity index is 1.62. The van der Waals surface area contributed by atoms with Gasteiger partial charge in [0.25, 0.3) is 5.91 Å². The third-order valence-corrected chi connectivity index (χ3v) is 3.64. The van der Waals surface area contributed by atoms with Gasteiger partial charge in [-0.15, -0.1) is 0 Å². The molecule has 0 bridgehead atoms. The average molecular weight is 313 g/mol. The molecule has 1 amide bonds. The Bertz CT molecular complexity index is 657. The first kappa shape index (κ1) is 15.2. The van der Waals surface area contributed by atoms with E-state index in [0.29, 0.717) is 50.3 Å². The molecule has 3 rings (SSSR count). The van der Waals surface area contributed by atoms with Crippen LogP contribution < -0.4 is 9.64 Å². The van der Waals surface area contributed by atoms with Gasteiger partial charge in [0.05, 0.1) is 6.61 Å². The Morgan fingerprint density at radius 2 is 1.96 bits per heavy atom. The molecule has 0 aliphatic carbocycles. The molecule has 2 aromatic heterocycles. The third-order valence-electron chi connectivity index (χ3n) is 3.64. The summed E-state index contributed by atoms with van der Waals surface area (Å²) in [5.41, 5.74) is 0.482. The van der Waals surface area contributed by atoms with Crippen molar-refractivity contribution in [3.63, 3.8) is 0 Å². The van der Waals surface area contributed by atoms with E-state index in [1.807, 2.05) is 17.9 Å². The minimum atomic E-state index is -0.0331. The molecule has 3 heterocycles. The van der Waals surface area contributed by atoms with Crippen LogP contribution in [0.1, 0.15) is 17.4 Å². The fraction of sp³-hybridized carbons (Fsp3) is 0.375. The van der Waals surface area contributed by atoms with Crippen LogP contribution in [-0.4, -0.2) is 58.5 Å². The van der Waals surface area contributed by atoms with Crippen molar-refractivity contribution in [3.8, 4) is 5.88 Å². The molecule has 7 heteroatoms. The number of carbonyl (C=O) groups excluding carboxylic acids is 1. The molecule has 7 nitrogen and oxygen atoms in total. The van der Waals surface area contributed by atoms with Gasteiger partial charge in [-0.1, -0.05) is 6.07 Å². The zero-order valence-corrected chi connectivity index (χ0v) is 13.1. The van der Waals surface area contributed by atoms with Gasteiger partial charge in [-0.3, -0.25) is 9.78 Å². The summed E-state index contributed by atoms with van der Waals surface area (Å²) in [6, 6.07) is 7.11. The Labute approximate surface area is 134 Å². The Morgan fingerprint density at radius 1 is 1.13 bits per heavy atom. The molecule has 120 valence electrons. The van der Waals surface area contributed by atoms with E-state index in [1.54, 1.807) is 30.6 Å². The van der Waals surface area contributed by atoms with Gasteiger partial charge in [0.15, 0.2) is 0 Å². The van der Waals surface area contributed by atoms with Crippen LogP contribution in [0.2, 0.25) is 0 Å². The maximum absolute atomic E-state index is 12.4. The normalized spacial score (nSPS) is 14.7. The topological polar surface area (TPSA) is 71.5 Å². The van der Waals surface area contributed by atoms with Crippen molar-refractivity contribution in [2.75, 3.05) is 37.7 Å². The van der Waals surface area contributed by atoms with Gasteiger partial charge in [0.2, 0.25) is 11.8 Å². The smallest absolute Gasteiger partial charge is 0.272 e. The number of carbonyl (C=O) groups is 1. The molecular formula is C16H19N5O2. The van der Waals surface area contributed by atoms with E-state index in [1.165, 1.54) is 0 Å². The highest BCUT2D eigenvalue weighted by Crippen LogP contribution is 2.15. The number of aromatic nitrogens is 3. The number of piperazine rings is 1. The molecule has 0 N–H and O–H groups in total. The number of nitrogens with zero attached hydrogens (tertiary/aromatic N) is 5. The first-order valence-corrected chi connectivity index (χ1v) is 7.69. The molecule has 23 heavy (non-hydrogen) atoms. The predicted octanol–water partition coefficient (Wildman–Crippen LogP) is 1.23. The molecule has 0 spiro atoms. The summed E-state index contributed by atoms with van der Waals surface area (Å²) < 4.78 is 5.40. The van der Waals surface area contributed by atoms with Gasteiger partial charge in [0, 0.05) is 44.6 Å². The second-order valence-corrected chi connectivity index (χ2v) is 5.12. The second kappa shape index (κ2) is 7.04. The summed E-state index contributed by atoms with van der Waals surface area (Å²) in [6.07, 6.45) is 3.33. The number of anilines is 1. The number of ether oxygens (including phenoxy) is 1. The molecule has 0 saturated carbocycles. The summed E-state index contributed by atoms with van der Waals surface area (Å²) in [4.78, 5) is 29.0. The van der Waals surface area contributed by atoms with E-state index >= 15 is 0 Å². The lowest BCUT2D eigenvalue weighted by atomic mass is 10.2. The number of rotatable bonds is 4. The SMILES string of the molecule is CCOc1ccnc(N2CCN(C(=O)c3ccccn3)CC2)n1. The maximum Gasteiger partial charge on any atom is 0.272 e. The minimum absolute atomic E-state index is 0.0331. The predicted molar refractivity (Wildman–Crippen MR) is 85.6 cm³/mol. The average Bonchev–Trinajstić information content (AvgIpc) is 2.62. The minimum Gasteiger partial charge on any atom is -0.478 e. The molecule has 0 atom stereocenters. The van der Waals surface area contributed by atoms with Crippen LogP contribution in [0, 0.1) is 0 Å². The van der Waals surface area contributed by atoms with E-state index in [2.05, 4.69) is 19.9 Å². The van der Waals surface area contributed by atoms with Crippen LogP contribution in [0.3, 0.4) is 0 Å². The summed E-state index contributed by atoms with van der Waals surface area (Å²) in [5.74, 6) is 1.18. The van der Waals surface area contributed by atoms with Crippen LogP contribution in [0.15, 0.2) is 36.7 Å². The summed E-state index contributed by atoms with van der Waals surface area (Å²) in [6.45, 7) is 5.12. The van der Waals surface area contributed by atoms with E-state index < -0.39 is 0 Å². The summed E-state index contributed by atoms with van der Waals surface area (Å²) >= 11 is 0. The molecule has 0 aromatic carbocycles. The van der Waals surface area contributed by atoms with Gasteiger partial charge in [-0.25, -0.2) is 4.98 Å². The first-order valence-electron chi connectivity index (χ1n) is 7.69. The van der Waals surface area contributed by atoms with Crippen LogP contribution in [0.5, 0.6) is 5.88 Å². The lowest BCUT2D eigenvalue weighted by Gasteiger charge is -2.34. The largest absolute Gasteiger partial charge is 0.478 e. The molecule has 2 aromatic rings. The van der Waals surface area contributed by atoms with Crippen LogP contribution in [-0.2, 0) is 0 Å². The zero-order valence-electron chi connectivity index (χ0n) is 13.1. The molecule has 1 fully saturated rings. The standard InChI is InChI=1S/C16H19N5O2/c1-2-23-14-6-8-18-16(19-14)21-11-9-20(10-12-21)15(22)13-5-3-4-7-17-13/h3-8H,2,9-12H2,1H3. The summed E-state index contributed by atoms with van der Waals surface area (Å²) in [5, 5.41) is 0. The number of hydrogen-bond acceptors (Lipinski definition) is 6. The van der Waals surface area contributed by atoms with Gasteiger partial charge in [0.1, 0.15) is 5.69 Å². The highest BCUT2D eigenvalue weighted by molar-refractivity contribution is 5.92. The Morgan fingerprint density at radius 3 is 2.65 bits per heavy atom. The van der Waals surface area contributed by atoms with Gasteiger partial charge < -0.3 is 14.5 Å². The fourth-order valence-corrected chi connectivity index (χ4v) is 2.47. The second-order valence-electron chi connectivity index (χ2n) is 5.12. The third kappa shape index (κ3) is 3.56. The van der Waals surface area contributed by atoms with E-state index in [0.717, 1.165) is 0 Å². The maximum atomic E-state index is 12.4. The van der Waals surface area contributed by atoms with Gasteiger partial charge in [-0.2, -0.15) is 4.98 Å².